The number of carbonyl (C=O) groups is 1. The number of amides is 1. The molecule has 4 nitrogen and oxygen atoms in total. The zero-order valence-electron chi connectivity index (χ0n) is 12.1. The van der Waals surface area contributed by atoms with Crippen LogP contribution in [0.15, 0.2) is 36.4 Å². The Morgan fingerprint density at radius 3 is 2.70 bits per heavy atom. The van der Waals surface area contributed by atoms with Gasteiger partial charge in [0.2, 0.25) is 0 Å². The number of aryl methyl sites for hydroxylation is 2. The summed E-state index contributed by atoms with van der Waals surface area (Å²) >= 11 is 0. The molecule has 0 radical (unpaired) electrons. The van der Waals surface area contributed by atoms with Gasteiger partial charge in [-0.1, -0.05) is 12.1 Å². The van der Waals surface area contributed by atoms with Gasteiger partial charge in [0.05, 0.1) is 6.54 Å². The van der Waals surface area contributed by atoms with Crippen molar-refractivity contribution in [2.45, 2.75) is 20.4 Å². The van der Waals surface area contributed by atoms with Crippen LogP contribution in [0, 0.1) is 13.8 Å². The van der Waals surface area contributed by atoms with Gasteiger partial charge in [-0.05, 0) is 43.7 Å². The summed E-state index contributed by atoms with van der Waals surface area (Å²) in [6.07, 6.45) is 0. The van der Waals surface area contributed by atoms with Crippen LogP contribution in [0.3, 0.4) is 0 Å². The standard InChI is InChI=1S/C16H20N2O2/c1-12-5-4-6-15(9-12)20-11-16(19)17-10-14-8-7-13(2)18(14)3/h4-9H,10-11H2,1-3H3,(H,17,19). The first-order valence-corrected chi connectivity index (χ1v) is 6.63. The molecule has 20 heavy (non-hydrogen) atoms. The minimum Gasteiger partial charge on any atom is -0.484 e. The molecule has 1 aromatic carbocycles. The van der Waals surface area contributed by atoms with Crippen molar-refractivity contribution in [2.24, 2.45) is 7.05 Å². The van der Waals surface area contributed by atoms with E-state index in [1.165, 1.54) is 5.69 Å². The van der Waals surface area contributed by atoms with Gasteiger partial charge in [0.1, 0.15) is 5.75 Å². The number of rotatable bonds is 5. The third-order valence-electron chi connectivity index (χ3n) is 3.30. The van der Waals surface area contributed by atoms with Crippen molar-refractivity contribution in [2.75, 3.05) is 6.61 Å². The number of ether oxygens (including phenoxy) is 1. The van der Waals surface area contributed by atoms with Crippen molar-refractivity contribution in [1.82, 2.24) is 9.88 Å². The molecule has 0 bridgehead atoms. The van der Waals surface area contributed by atoms with Gasteiger partial charge < -0.3 is 14.6 Å². The highest BCUT2D eigenvalue weighted by Gasteiger charge is 2.05. The fourth-order valence-corrected chi connectivity index (χ4v) is 1.94. The summed E-state index contributed by atoms with van der Waals surface area (Å²) in [7, 11) is 1.99. The quantitative estimate of drug-likeness (QED) is 0.908. The normalized spacial score (nSPS) is 10.3. The van der Waals surface area contributed by atoms with E-state index in [4.69, 9.17) is 4.74 Å². The minimum absolute atomic E-state index is 0.0346. The molecule has 0 saturated carbocycles. The van der Waals surface area contributed by atoms with Crippen LogP contribution in [0.1, 0.15) is 17.0 Å². The van der Waals surface area contributed by atoms with E-state index in [0.717, 1.165) is 17.0 Å². The highest BCUT2D eigenvalue weighted by atomic mass is 16.5. The average molecular weight is 272 g/mol. The second-order valence-corrected chi connectivity index (χ2v) is 4.91. The fourth-order valence-electron chi connectivity index (χ4n) is 1.94. The van der Waals surface area contributed by atoms with Crippen LogP contribution < -0.4 is 10.1 Å². The number of carbonyl (C=O) groups excluding carboxylic acids is 1. The minimum atomic E-state index is -0.120. The van der Waals surface area contributed by atoms with Crippen LogP contribution in [0.5, 0.6) is 5.75 Å². The molecular formula is C16H20N2O2. The Labute approximate surface area is 119 Å². The molecule has 1 amide bonds. The van der Waals surface area contributed by atoms with Gasteiger partial charge in [-0.3, -0.25) is 4.79 Å². The molecule has 1 heterocycles. The van der Waals surface area contributed by atoms with E-state index in [-0.39, 0.29) is 12.5 Å². The third kappa shape index (κ3) is 3.63. The lowest BCUT2D eigenvalue weighted by Gasteiger charge is -2.09. The monoisotopic (exact) mass is 272 g/mol. The molecule has 2 aromatic rings. The molecule has 0 fully saturated rings. The molecule has 2 rings (SSSR count). The van der Waals surface area contributed by atoms with Crippen LogP contribution in [0.2, 0.25) is 0 Å². The van der Waals surface area contributed by atoms with E-state index < -0.39 is 0 Å². The molecule has 0 atom stereocenters. The van der Waals surface area contributed by atoms with E-state index >= 15 is 0 Å². The second kappa shape index (κ2) is 6.28. The van der Waals surface area contributed by atoms with Crippen LogP contribution in [0.25, 0.3) is 0 Å². The lowest BCUT2D eigenvalue weighted by Crippen LogP contribution is -2.29. The molecular weight excluding hydrogens is 252 g/mol. The maximum Gasteiger partial charge on any atom is 0.258 e. The van der Waals surface area contributed by atoms with Crippen molar-refractivity contribution in [3.63, 3.8) is 0 Å². The molecule has 4 heteroatoms. The molecule has 1 N–H and O–H groups in total. The van der Waals surface area contributed by atoms with Crippen LogP contribution in [0.4, 0.5) is 0 Å². The Bertz CT molecular complexity index is 602. The number of hydrogen-bond donors (Lipinski definition) is 1. The van der Waals surface area contributed by atoms with Gasteiger partial charge in [0, 0.05) is 18.4 Å². The predicted octanol–water partition coefficient (Wildman–Crippen LogP) is 2.34. The van der Waals surface area contributed by atoms with Crippen LogP contribution >= 0.6 is 0 Å². The van der Waals surface area contributed by atoms with Crippen molar-refractivity contribution in [1.29, 1.82) is 0 Å². The van der Waals surface area contributed by atoms with E-state index in [9.17, 15) is 4.79 Å². The van der Waals surface area contributed by atoms with Crippen LogP contribution in [-0.4, -0.2) is 17.1 Å². The van der Waals surface area contributed by atoms with E-state index in [2.05, 4.69) is 9.88 Å². The number of nitrogens with zero attached hydrogens (tertiary/aromatic N) is 1. The largest absolute Gasteiger partial charge is 0.484 e. The lowest BCUT2D eigenvalue weighted by molar-refractivity contribution is -0.123. The molecule has 0 aliphatic carbocycles. The van der Waals surface area contributed by atoms with Crippen molar-refractivity contribution >= 4 is 5.91 Å². The molecule has 0 saturated heterocycles. The van der Waals surface area contributed by atoms with Gasteiger partial charge in [-0.15, -0.1) is 0 Å². The van der Waals surface area contributed by atoms with Crippen LogP contribution in [-0.2, 0) is 18.4 Å². The molecule has 0 unspecified atom stereocenters. The van der Waals surface area contributed by atoms with E-state index in [1.807, 2.05) is 57.3 Å². The highest BCUT2D eigenvalue weighted by molar-refractivity contribution is 5.77. The number of hydrogen-bond acceptors (Lipinski definition) is 2. The summed E-state index contributed by atoms with van der Waals surface area (Å²) in [5.41, 5.74) is 3.36. The second-order valence-electron chi connectivity index (χ2n) is 4.91. The zero-order chi connectivity index (χ0) is 14.5. The maximum absolute atomic E-state index is 11.7. The molecule has 1 aromatic heterocycles. The first-order valence-electron chi connectivity index (χ1n) is 6.63. The first kappa shape index (κ1) is 14.2. The summed E-state index contributed by atoms with van der Waals surface area (Å²) in [4.78, 5) is 11.7. The average Bonchev–Trinajstić information content (AvgIpc) is 2.74. The van der Waals surface area contributed by atoms with Crippen molar-refractivity contribution < 1.29 is 9.53 Å². The van der Waals surface area contributed by atoms with Gasteiger partial charge >= 0.3 is 0 Å². The van der Waals surface area contributed by atoms with Gasteiger partial charge in [-0.25, -0.2) is 0 Å². The summed E-state index contributed by atoms with van der Waals surface area (Å²) in [6, 6.07) is 11.7. The molecule has 0 aliphatic rings. The van der Waals surface area contributed by atoms with Gasteiger partial charge in [0.25, 0.3) is 5.91 Å². The van der Waals surface area contributed by atoms with Gasteiger partial charge in [-0.2, -0.15) is 0 Å². The summed E-state index contributed by atoms with van der Waals surface area (Å²) in [5, 5.41) is 2.85. The Hall–Kier alpha value is -2.23. The van der Waals surface area contributed by atoms with E-state index in [0.29, 0.717) is 6.54 Å². The fraction of sp³-hybridized carbons (Fsp3) is 0.312. The Balaban J connectivity index is 1.80. The summed E-state index contributed by atoms with van der Waals surface area (Å²) in [5.74, 6) is 0.597. The third-order valence-corrected chi connectivity index (χ3v) is 3.30. The highest BCUT2D eigenvalue weighted by Crippen LogP contribution is 2.12. The first-order chi connectivity index (χ1) is 9.56. The Morgan fingerprint density at radius 2 is 2.05 bits per heavy atom. The summed E-state index contributed by atoms with van der Waals surface area (Å²) < 4.78 is 7.51. The van der Waals surface area contributed by atoms with E-state index in [1.54, 1.807) is 0 Å². The van der Waals surface area contributed by atoms with Crippen molar-refractivity contribution in [3.05, 3.63) is 53.3 Å². The Kier molecular flexibility index (Phi) is 4.45. The molecule has 0 spiro atoms. The number of aromatic nitrogens is 1. The van der Waals surface area contributed by atoms with Crippen molar-refractivity contribution in [3.8, 4) is 5.75 Å². The molecule has 0 aliphatic heterocycles. The lowest BCUT2D eigenvalue weighted by atomic mass is 10.2. The Morgan fingerprint density at radius 1 is 1.25 bits per heavy atom. The summed E-state index contributed by atoms with van der Waals surface area (Å²) in [6.45, 7) is 4.57. The molecule has 106 valence electrons. The van der Waals surface area contributed by atoms with Gasteiger partial charge in [0.15, 0.2) is 6.61 Å². The number of benzene rings is 1. The predicted molar refractivity (Wildman–Crippen MR) is 78.7 cm³/mol. The topological polar surface area (TPSA) is 43.3 Å². The zero-order valence-corrected chi connectivity index (χ0v) is 12.1. The SMILES string of the molecule is Cc1cccc(OCC(=O)NCc2ccc(C)n2C)c1. The smallest absolute Gasteiger partial charge is 0.258 e. The number of nitrogens with one attached hydrogen (secondary N) is 1. The maximum atomic E-state index is 11.7.